The fourth-order valence-corrected chi connectivity index (χ4v) is 1.67. The summed E-state index contributed by atoms with van der Waals surface area (Å²) in [6.07, 6.45) is 4.39. The van der Waals surface area contributed by atoms with E-state index < -0.39 is 5.97 Å². The van der Waals surface area contributed by atoms with Gasteiger partial charge in [0, 0.05) is 30.1 Å². The number of hydrogen-bond acceptors (Lipinski definition) is 5. The molecule has 2 aromatic heterocycles. The van der Waals surface area contributed by atoms with Crippen LogP contribution in [0.25, 0.3) is 11.4 Å². The highest BCUT2D eigenvalue weighted by Crippen LogP contribution is 2.17. The van der Waals surface area contributed by atoms with Gasteiger partial charge in [-0.05, 0) is 12.1 Å². The van der Waals surface area contributed by atoms with Crippen LogP contribution in [0.3, 0.4) is 0 Å². The first kappa shape index (κ1) is 13.8. The number of aromatic carboxylic acids is 1. The van der Waals surface area contributed by atoms with Crippen molar-refractivity contribution in [3.63, 3.8) is 0 Å². The zero-order valence-electron chi connectivity index (χ0n) is 11.1. The minimum absolute atomic E-state index is 0.0279. The molecule has 0 unspecified atom stereocenters. The summed E-state index contributed by atoms with van der Waals surface area (Å²) in [5.74, 6) is -1.63. The summed E-state index contributed by atoms with van der Waals surface area (Å²) in [5, 5.41) is 9.21. The van der Waals surface area contributed by atoms with Crippen molar-refractivity contribution in [2.75, 3.05) is 0 Å². The molecule has 0 bridgehead atoms. The number of carboxylic acid groups (broad SMARTS) is 1. The maximum absolute atomic E-state index is 12.0. The van der Waals surface area contributed by atoms with Crippen LogP contribution in [0.4, 0.5) is 0 Å². The van der Waals surface area contributed by atoms with Crippen LogP contribution >= 0.6 is 0 Å². The van der Waals surface area contributed by atoms with Crippen molar-refractivity contribution < 1.29 is 14.7 Å². The first-order valence-electron chi connectivity index (χ1n) is 6.05. The van der Waals surface area contributed by atoms with Crippen LogP contribution in [0, 0.1) is 5.92 Å². The molecule has 2 heterocycles. The molecular weight excluding hydrogens is 258 g/mol. The number of pyridine rings is 1. The number of nitrogens with zero attached hydrogens (tertiary/aromatic N) is 3. The van der Waals surface area contributed by atoms with Gasteiger partial charge in [-0.25, -0.2) is 14.8 Å². The Kier molecular flexibility index (Phi) is 3.84. The van der Waals surface area contributed by atoms with Crippen molar-refractivity contribution in [1.82, 2.24) is 15.0 Å². The molecule has 0 saturated carbocycles. The highest BCUT2D eigenvalue weighted by molar-refractivity contribution is 6.05. The predicted molar refractivity (Wildman–Crippen MR) is 71.4 cm³/mol. The standard InChI is InChI=1S/C14H13N3O3/c1-8(2)12(18)10-7-16-13(17-11(10)14(19)20)9-4-3-5-15-6-9/h3-8H,1-2H3,(H,19,20). The van der Waals surface area contributed by atoms with E-state index in [0.717, 1.165) is 0 Å². The maximum Gasteiger partial charge on any atom is 0.355 e. The number of ketones is 1. The third-order valence-electron chi connectivity index (χ3n) is 2.70. The number of hydrogen-bond donors (Lipinski definition) is 1. The minimum Gasteiger partial charge on any atom is -0.476 e. The van der Waals surface area contributed by atoms with Gasteiger partial charge in [0.1, 0.15) is 0 Å². The van der Waals surface area contributed by atoms with Gasteiger partial charge in [0.2, 0.25) is 0 Å². The van der Waals surface area contributed by atoms with Crippen molar-refractivity contribution in [3.05, 3.63) is 42.0 Å². The Bertz CT molecular complexity index is 654. The number of carbonyl (C=O) groups is 2. The van der Waals surface area contributed by atoms with Crippen LogP contribution in [0.1, 0.15) is 34.7 Å². The average Bonchev–Trinajstić information content (AvgIpc) is 2.46. The van der Waals surface area contributed by atoms with Crippen molar-refractivity contribution in [3.8, 4) is 11.4 Å². The van der Waals surface area contributed by atoms with Crippen LogP contribution in [0.15, 0.2) is 30.7 Å². The minimum atomic E-state index is -1.25. The molecule has 0 fully saturated rings. The lowest BCUT2D eigenvalue weighted by Gasteiger charge is -2.08. The Morgan fingerprint density at radius 2 is 2.00 bits per heavy atom. The lowest BCUT2D eigenvalue weighted by atomic mass is 10.0. The molecule has 102 valence electrons. The molecule has 0 aromatic carbocycles. The maximum atomic E-state index is 12.0. The molecule has 0 aliphatic carbocycles. The molecule has 0 radical (unpaired) electrons. The van der Waals surface area contributed by atoms with E-state index in [-0.39, 0.29) is 28.8 Å². The van der Waals surface area contributed by atoms with E-state index in [1.165, 1.54) is 12.4 Å². The number of carboxylic acids is 1. The van der Waals surface area contributed by atoms with Gasteiger partial charge in [0.05, 0.1) is 5.56 Å². The van der Waals surface area contributed by atoms with Crippen molar-refractivity contribution in [2.45, 2.75) is 13.8 Å². The van der Waals surface area contributed by atoms with Gasteiger partial charge in [-0.3, -0.25) is 9.78 Å². The summed E-state index contributed by atoms with van der Waals surface area (Å²) in [4.78, 5) is 35.2. The molecule has 0 aliphatic heterocycles. The molecule has 6 nitrogen and oxygen atoms in total. The lowest BCUT2D eigenvalue weighted by Crippen LogP contribution is -2.16. The van der Waals surface area contributed by atoms with E-state index in [9.17, 15) is 14.7 Å². The molecule has 0 aliphatic rings. The van der Waals surface area contributed by atoms with E-state index in [2.05, 4.69) is 15.0 Å². The number of carbonyl (C=O) groups excluding carboxylic acids is 1. The summed E-state index contributed by atoms with van der Waals surface area (Å²) in [5.41, 5.74) is 0.344. The smallest absolute Gasteiger partial charge is 0.355 e. The van der Waals surface area contributed by atoms with Crippen LogP contribution < -0.4 is 0 Å². The second kappa shape index (κ2) is 5.56. The molecule has 6 heteroatoms. The average molecular weight is 271 g/mol. The third-order valence-corrected chi connectivity index (χ3v) is 2.70. The highest BCUT2D eigenvalue weighted by atomic mass is 16.4. The topological polar surface area (TPSA) is 93.0 Å². The van der Waals surface area contributed by atoms with Crippen LogP contribution in [-0.2, 0) is 0 Å². The Labute approximate surface area is 115 Å². The molecule has 0 saturated heterocycles. The summed E-state index contributed by atoms with van der Waals surface area (Å²) in [6.45, 7) is 3.39. The zero-order chi connectivity index (χ0) is 14.7. The van der Waals surface area contributed by atoms with Crippen molar-refractivity contribution >= 4 is 11.8 Å². The van der Waals surface area contributed by atoms with Gasteiger partial charge in [-0.1, -0.05) is 13.8 Å². The second-order valence-corrected chi connectivity index (χ2v) is 4.52. The molecule has 0 amide bonds. The van der Waals surface area contributed by atoms with Crippen molar-refractivity contribution in [2.24, 2.45) is 5.92 Å². The Hall–Kier alpha value is -2.63. The molecule has 0 spiro atoms. The van der Waals surface area contributed by atoms with Gasteiger partial charge in [0.25, 0.3) is 0 Å². The summed E-state index contributed by atoms with van der Waals surface area (Å²) >= 11 is 0. The molecular formula is C14H13N3O3. The van der Waals surface area contributed by atoms with Crippen molar-refractivity contribution in [1.29, 1.82) is 0 Å². The third kappa shape index (κ3) is 2.69. The largest absolute Gasteiger partial charge is 0.476 e. The molecule has 2 aromatic rings. The van der Waals surface area contributed by atoms with Gasteiger partial charge in [0.15, 0.2) is 17.3 Å². The normalized spacial score (nSPS) is 10.6. The highest BCUT2D eigenvalue weighted by Gasteiger charge is 2.22. The van der Waals surface area contributed by atoms with Crippen LogP contribution in [0.2, 0.25) is 0 Å². The molecule has 0 atom stereocenters. The summed E-state index contributed by atoms with van der Waals surface area (Å²) < 4.78 is 0. The Balaban J connectivity index is 2.54. The van der Waals surface area contributed by atoms with Gasteiger partial charge < -0.3 is 5.11 Å². The first-order chi connectivity index (χ1) is 9.50. The van der Waals surface area contributed by atoms with Gasteiger partial charge in [-0.2, -0.15) is 0 Å². The summed E-state index contributed by atoms with van der Waals surface area (Å²) in [6, 6.07) is 3.42. The first-order valence-corrected chi connectivity index (χ1v) is 6.05. The Morgan fingerprint density at radius 1 is 1.25 bits per heavy atom. The van der Waals surface area contributed by atoms with Crippen LogP contribution in [-0.4, -0.2) is 31.8 Å². The Morgan fingerprint density at radius 3 is 2.55 bits per heavy atom. The second-order valence-electron chi connectivity index (χ2n) is 4.52. The van der Waals surface area contributed by atoms with E-state index in [4.69, 9.17) is 0 Å². The van der Waals surface area contributed by atoms with E-state index in [0.29, 0.717) is 5.56 Å². The lowest BCUT2D eigenvalue weighted by molar-refractivity contribution is 0.0684. The van der Waals surface area contributed by atoms with E-state index in [1.807, 2.05) is 0 Å². The fourth-order valence-electron chi connectivity index (χ4n) is 1.67. The number of aromatic nitrogens is 3. The summed E-state index contributed by atoms with van der Waals surface area (Å²) in [7, 11) is 0. The molecule has 20 heavy (non-hydrogen) atoms. The van der Waals surface area contributed by atoms with E-state index >= 15 is 0 Å². The SMILES string of the molecule is CC(C)C(=O)c1cnc(-c2cccnc2)nc1C(=O)O. The monoisotopic (exact) mass is 271 g/mol. The fraction of sp³-hybridized carbons (Fsp3) is 0.214. The predicted octanol–water partition coefficient (Wildman–Crippen LogP) is 2.08. The number of Topliss-reactive ketones (excluding diaryl/α,β-unsaturated/α-hetero) is 1. The quantitative estimate of drug-likeness (QED) is 0.856. The van der Waals surface area contributed by atoms with E-state index in [1.54, 1.807) is 32.2 Å². The number of rotatable bonds is 4. The molecule has 2 rings (SSSR count). The van der Waals surface area contributed by atoms with Crippen LogP contribution in [0.5, 0.6) is 0 Å². The van der Waals surface area contributed by atoms with Gasteiger partial charge in [-0.15, -0.1) is 0 Å². The molecule has 1 N–H and O–H groups in total. The zero-order valence-corrected chi connectivity index (χ0v) is 11.1. The van der Waals surface area contributed by atoms with Gasteiger partial charge >= 0.3 is 5.97 Å².